The molecule has 1 unspecified atom stereocenters. The largest absolute Gasteiger partial charge is 0.336 e. The first kappa shape index (κ1) is 17.3. The Kier molecular flexibility index (Phi) is 6.27. The van der Waals surface area contributed by atoms with E-state index in [-0.39, 0.29) is 18.3 Å². The van der Waals surface area contributed by atoms with E-state index in [4.69, 9.17) is 0 Å². The molecule has 122 valence electrons. The Balaban J connectivity index is 0.00000176. The summed E-state index contributed by atoms with van der Waals surface area (Å²) in [7, 11) is 0. The Bertz CT molecular complexity index is 482. The highest BCUT2D eigenvalue weighted by atomic mass is 35.5. The van der Waals surface area contributed by atoms with Crippen LogP contribution < -0.4 is 5.32 Å². The van der Waals surface area contributed by atoms with E-state index in [0.29, 0.717) is 12.0 Å². The van der Waals surface area contributed by atoms with Gasteiger partial charge in [0.05, 0.1) is 0 Å². The Hall–Kier alpha value is -1.06. The van der Waals surface area contributed by atoms with Crippen molar-refractivity contribution in [1.29, 1.82) is 0 Å². The molecule has 0 bridgehead atoms. The van der Waals surface area contributed by atoms with E-state index in [1.165, 1.54) is 37.7 Å². The molecular formula is C18H27ClN2O. The lowest BCUT2D eigenvalue weighted by atomic mass is 9.84. The van der Waals surface area contributed by atoms with E-state index in [0.717, 1.165) is 25.2 Å². The molecule has 1 saturated carbocycles. The van der Waals surface area contributed by atoms with Crippen LogP contribution in [0.3, 0.4) is 0 Å². The maximum Gasteiger partial charge on any atom is 0.253 e. The number of hydrogen-bond donors (Lipinski definition) is 1. The van der Waals surface area contributed by atoms with Crippen LogP contribution in [0.4, 0.5) is 0 Å². The molecule has 1 saturated heterocycles. The predicted molar refractivity (Wildman–Crippen MR) is 92.9 cm³/mol. The molecule has 0 aromatic heterocycles. The van der Waals surface area contributed by atoms with Crippen LogP contribution >= 0.6 is 12.4 Å². The molecule has 2 aliphatic rings. The van der Waals surface area contributed by atoms with Gasteiger partial charge in [0, 0.05) is 31.2 Å². The lowest BCUT2D eigenvalue weighted by molar-refractivity contribution is 0.0709. The molecular weight excluding hydrogens is 296 g/mol. The molecule has 1 aromatic carbocycles. The normalized spacial score (nSPS) is 23.0. The number of rotatable bonds is 2. The van der Waals surface area contributed by atoms with Gasteiger partial charge < -0.3 is 10.2 Å². The summed E-state index contributed by atoms with van der Waals surface area (Å²) >= 11 is 0. The number of piperazine rings is 1. The molecule has 2 fully saturated rings. The molecule has 1 aliphatic carbocycles. The fourth-order valence-electron chi connectivity index (χ4n) is 3.63. The SMILES string of the molecule is CC1CN(C(=O)c2ccc(C3CCCCC3)cc2)CCN1.Cl. The third kappa shape index (κ3) is 4.02. The molecule has 1 aliphatic heterocycles. The van der Waals surface area contributed by atoms with Crippen molar-refractivity contribution in [1.82, 2.24) is 10.2 Å². The lowest BCUT2D eigenvalue weighted by Crippen LogP contribution is -2.51. The third-order valence-corrected chi connectivity index (χ3v) is 4.89. The van der Waals surface area contributed by atoms with Gasteiger partial charge in [-0.15, -0.1) is 12.4 Å². The summed E-state index contributed by atoms with van der Waals surface area (Å²) in [4.78, 5) is 14.5. The maximum absolute atomic E-state index is 12.5. The Morgan fingerprint density at radius 1 is 1.14 bits per heavy atom. The first-order valence-corrected chi connectivity index (χ1v) is 8.36. The summed E-state index contributed by atoms with van der Waals surface area (Å²) in [5, 5.41) is 3.38. The summed E-state index contributed by atoms with van der Waals surface area (Å²) in [5.74, 6) is 0.889. The number of amides is 1. The highest BCUT2D eigenvalue weighted by molar-refractivity contribution is 5.94. The minimum absolute atomic E-state index is 0. The number of nitrogens with one attached hydrogen (secondary N) is 1. The molecule has 0 spiro atoms. The molecule has 0 radical (unpaired) electrons. The molecule has 4 heteroatoms. The van der Waals surface area contributed by atoms with Gasteiger partial charge >= 0.3 is 0 Å². The molecule has 3 nitrogen and oxygen atoms in total. The molecule has 1 N–H and O–H groups in total. The second kappa shape index (κ2) is 7.98. The number of nitrogens with zero attached hydrogens (tertiary/aromatic N) is 1. The second-order valence-electron chi connectivity index (χ2n) is 6.56. The van der Waals surface area contributed by atoms with Crippen molar-refractivity contribution in [2.45, 2.75) is 51.0 Å². The van der Waals surface area contributed by atoms with Crippen molar-refractivity contribution >= 4 is 18.3 Å². The van der Waals surface area contributed by atoms with Crippen LogP contribution in [0.25, 0.3) is 0 Å². The van der Waals surface area contributed by atoms with Gasteiger partial charge in [0.1, 0.15) is 0 Å². The van der Waals surface area contributed by atoms with E-state index in [2.05, 4.69) is 24.4 Å². The van der Waals surface area contributed by atoms with Crippen LogP contribution in [-0.4, -0.2) is 36.5 Å². The Labute approximate surface area is 139 Å². The molecule has 1 atom stereocenters. The maximum atomic E-state index is 12.5. The van der Waals surface area contributed by atoms with Crippen molar-refractivity contribution in [3.8, 4) is 0 Å². The van der Waals surface area contributed by atoms with Gasteiger partial charge in [-0.05, 0) is 43.4 Å². The van der Waals surface area contributed by atoms with Gasteiger partial charge in [0.15, 0.2) is 0 Å². The zero-order valence-electron chi connectivity index (χ0n) is 13.4. The Morgan fingerprint density at radius 2 is 1.82 bits per heavy atom. The summed E-state index contributed by atoms with van der Waals surface area (Å²) in [6, 6.07) is 8.80. The van der Waals surface area contributed by atoms with E-state index in [9.17, 15) is 4.79 Å². The van der Waals surface area contributed by atoms with Gasteiger partial charge in [-0.2, -0.15) is 0 Å². The second-order valence-corrected chi connectivity index (χ2v) is 6.56. The molecule has 1 aromatic rings. The first-order valence-electron chi connectivity index (χ1n) is 8.36. The summed E-state index contributed by atoms with van der Waals surface area (Å²) in [6.45, 7) is 4.65. The van der Waals surface area contributed by atoms with Crippen molar-refractivity contribution in [3.05, 3.63) is 35.4 Å². The standard InChI is InChI=1S/C18H26N2O.ClH/c1-14-13-20(12-11-19-14)18(21)17-9-7-16(8-10-17)15-5-3-2-4-6-15;/h7-10,14-15,19H,2-6,11-13H2,1H3;1H. The average Bonchev–Trinajstić information content (AvgIpc) is 2.55. The number of benzene rings is 1. The van der Waals surface area contributed by atoms with Crippen LogP contribution in [-0.2, 0) is 0 Å². The van der Waals surface area contributed by atoms with Gasteiger partial charge in [-0.3, -0.25) is 4.79 Å². The van der Waals surface area contributed by atoms with Gasteiger partial charge in [0.25, 0.3) is 5.91 Å². The summed E-state index contributed by atoms with van der Waals surface area (Å²) in [5.41, 5.74) is 2.25. The van der Waals surface area contributed by atoms with E-state index >= 15 is 0 Å². The zero-order chi connectivity index (χ0) is 14.7. The van der Waals surface area contributed by atoms with E-state index < -0.39 is 0 Å². The Morgan fingerprint density at radius 3 is 2.45 bits per heavy atom. The van der Waals surface area contributed by atoms with Crippen molar-refractivity contribution in [2.24, 2.45) is 0 Å². The van der Waals surface area contributed by atoms with Crippen LogP contribution in [0.5, 0.6) is 0 Å². The van der Waals surface area contributed by atoms with Crippen LogP contribution in [0.15, 0.2) is 24.3 Å². The van der Waals surface area contributed by atoms with E-state index in [1.54, 1.807) is 0 Å². The molecule has 1 heterocycles. The first-order chi connectivity index (χ1) is 10.2. The van der Waals surface area contributed by atoms with Crippen molar-refractivity contribution < 1.29 is 4.79 Å². The highest BCUT2D eigenvalue weighted by Gasteiger charge is 2.22. The van der Waals surface area contributed by atoms with Crippen molar-refractivity contribution in [2.75, 3.05) is 19.6 Å². The number of hydrogen-bond acceptors (Lipinski definition) is 2. The monoisotopic (exact) mass is 322 g/mol. The fourth-order valence-corrected chi connectivity index (χ4v) is 3.63. The van der Waals surface area contributed by atoms with E-state index in [1.807, 2.05) is 17.0 Å². The lowest BCUT2D eigenvalue weighted by Gasteiger charge is -2.32. The van der Waals surface area contributed by atoms with Gasteiger partial charge in [-0.1, -0.05) is 31.4 Å². The summed E-state index contributed by atoms with van der Waals surface area (Å²) < 4.78 is 0. The number of carbonyl (C=O) groups is 1. The van der Waals surface area contributed by atoms with Gasteiger partial charge in [0.2, 0.25) is 0 Å². The minimum Gasteiger partial charge on any atom is -0.336 e. The predicted octanol–water partition coefficient (Wildman–Crippen LogP) is 3.59. The van der Waals surface area contributed by atoms with Crippen LogP contribution in [0, 0.1) is 0 Å². The average molecular weight is 323 g/mol. The number of halogens is 1. The molecule has 3 rings (SSSR count). The minimum atomic E-state index is 0. The smallest absolute Gasteiger partial charge is 0.253 e. The van der Waals surface area contributed by atoms with Gasteiger partial charge in [-0.25, -0.2) is 0 Å². The quantitative estimate of drug-likeness (QED) is 0.902. The topological polar surface area (TPSA) is 32.3 Å². The highest BCUT2D eigenvalue weighted by Crippen LogP contribution is 2.32. The van der Waals surface area contributed by atoms with Crippen molar-refractivity contribution in [3.63, 3.8) is 0 Å². The zero-order valence-corrected chi connectivity index (χ0v) is 14.2. The molecule has 22 heavy (non-hydrogen) atoms. The number of carbonyl (C=O) groups excluding carboxylic acids is 1. The summed E-state index contributed by atoms with van der Waals surface area (Å²) in [6.07, 6.45) is 6.70. The van der Waals surface area contributed by atoms with Crippen LogP contribution in [0.2, 0.25) is 0 Å². The molecule has 1 amide bonds. The third-order valence-electron chi connectivity index (χ3n) is 4.89. The van der Waals surface area contributed by atoms with Crippen LogP contribution in [0.1, 0.15) is 60.9 Å². The fraction of sp³-hybridized carbons (Fsp3) is 0.611.